The van der Waals surface area contributed by atoms with Crippen LogP contribution in [0.3, 0.4) is 0 Å². The highest BCUT2D eigenvalue weighted by Crippen LogP contribution is 2.21. The molecule has 0 aromatic carbocycles. The molecule has 0 atom stereocenters. The van der Waals surface area contributed by atoms with Crippen molar-refractivity contribution in [2.24, 2.45) is 5.73 Å². The van der Waals surface area contributed by atoms with Gasteiger partial charge in [-0.2, -0.15) is 0 Å². The minimum atomic E-state index is -2.38. The van der Waals surface area contributed by atoms with Gasteiger partial charge in [0.25, 0.3) is 6.43 Å². The SMILES string of the molecule is CN(CC(F)F)c1nc2ccccn2c1CCN. The predicted molar refractivity (Wildman–Crippen MR) is 67.2 cm³/mol. The van der Waals surface area contributed by atoms with E-state index in [1.165, 1.54) is 4.90 Å². The Balaban J connectivity index is 2.44. The molecule has 4 nitrogen and oxygen atoms in total. The summed E-state index contributed by atoms with van der Waals surface area (Å²) in [4.78, 5) is 5.86. The van der Waals surface area contributed by atoms with Gasteiger partial charge in [0.15, 0.2) is 5.82 Å². The van der Waals surface area contributed by atoms with Gasteiger partial charge < -0.3 is 15.0 Å². The van der Waals surface area contributed by atoms with Crippen LogP contribution >= 0.6 is 0 Å². The summed E-state index contributed by atoms with van der Waals surface area (Å²) in [6.07, 6.45) is 0.0896. The van der Waals surface area contributed by atoms with Crippen molar-refractivity contribution in [2.45, 2.75) is 12.8 Å². The van der Waals surface area contributed by atoms with E-state index in [2.05, 4.69) is 4.98 Å². The molecule has 98 valence electrons. The maximum absolute atomic E-state index is 12.4. The van der Waals surface area contributed by atoms with Gasteiger partial charge in [-0.25, -0.2) is 13.8 Å². The monoisotopic (exact) mass is 254 g/mol. The van der Waals surface area contributed by atoms with E-state index < -0.39 is 6.43 Å². The lowest BCUT2D eigenvalue weighted by Gasteiger charge is -2.17. The van der Waals surface area contributed by atoms with Crippen LogP contribution in [0.25, 0.3) is 5.65 Å². The second-order valence-corrected chi connectivity index (χ2v) is 4.12. The van der Waals surface area contributed by atoms with Crippen molar-refractivity contribution in [1.82, 2.24) is 9.38 Å². The zero-order valence-electron chi connectivity index (χ0n) is 10.2. The molecule has 0 fully saturated rings. The summed E-state index contributed by atoms with van der Waals surface area (Å²) in [6, 6.07) is 5.59. The molecule has 2 heterocycles. The Morgan fingerprint density at radius 3 is 2.89 bits per heavy atom. The van der Waals surface area contributed by atoms with Gasteiger partial charge in [-0.05, 0) is 18.7 Å². The second kappa shape index (κ2) is 5.30. The fourth-order valence-corrected chi connectivity index (χ4v) is 2.00. The van der Waals surface area contributed by atoms with Crippen molar-refractivity contribution in [2.75, 3.05) is 25.0 Å². The second-order valence-electron chi connectivity index (χ2n) is 4.12. The molecule has 2 aromatic heterocycles. The van der Waals surface area contributed by atoms with Crippen molar-refractivity contribution in [3.05, 3.63) is 30.1 Å². The van der Waals surface area contributed by atoms with Crippen molar-refractivity contribution < 1.29 is 8.78 Å². The van der Waals surface area contributed by atoms with E-state index >= 15 is 0 Å². The predicted octanol–water partition coefficient (Wildman–Crippen LogP) is 1.54. The number of anilines is 1. The highest BCUT2D eigenvalue weighted by molar-refractivity contribution is 5.55. The first-order valence-corrected chi connectivity index (χ1v) is 5.78. The molecule has 6 heteroatoms. The highest BCUT2D eigenvalue weighted by Gasteiger charge is 2.17. The summed E-state index contributed by atoms with van der Waals surface area (Å²) in [5.41, 5.74) is 7.19. The van der Waals surface area contributed by atoms with Gasteiger partial charge in [0.2, 0.25) is 0 Å². The molecular weight excluding hydrogens is 238 g/mol. The molecule has 0 radical (unpaired) electrons. The number of hydrogen-bond acceptors (Lipinski definition) is 3. The van der Waals surface area contributed by atoms with Gasteiger partial charge >= 0.3 is 0 Å². The Kier molecular flexibility index (Phi) is 3.76. The lowest BCUT2D eigenvalue weighted by atomic mass is 10.3. The van der Waals surface area contributed by atoms with Crippen LogP contribution in [0.4, 0.5) is 14.6 Å². The molecule has 2 N–H and O–H groups in total. The summed E-state index contributed by atoms with van der Waals surface area (Å²) >= 11 is 0. The molecule has 0 aliphatic carbocycles. The Morgan fingerprint density at radius 2 is 2.22 bits per heavy atom. The highest BCUT2D eigenvalue weighted by atomic mass is 19.3. The van der Waals surface area contributed by atoms with E-state index in [0.717, 1.165) is 11.3 Å². The Morgan fingerprint density at radius 1 is 1.44 bits per heavy atom. The quantitative estimate of drug-likeness (QED) is 0.880. The maximum Gasteiger partial charge on any atom is 0.255 e. The number of halogens is 2. The van der Waals surface area contributed by atoms with Crippen LogP contribution in [0.5, 0.6) is 0 Å². The summed E-state index contributed by atoms with van der Waals surface area (Å²) in [5, 5.41) is 0. The fraction of sp³-hybridized carbons (Fsp3) is 0.417. The van der Waals surface area contributed by atoms with Crippen LogP contribution in [0, 0.1) is 0 Å². The average molecular weight is 254 g/mol. The van der Waals surface area contributed by atoms with Crippen LogP contribution in [0.1, 0.15) is 5.69 Å². The molecule has 18 heavy (non-hydrogen) atoms. The van der Waals surface area contributed by atoms with E-state index in [9.17, 15) is 8.78 Å². The van der Waals surface area contributed by atoms with Crippen molar-refractivity contribution >= 4 is 11.5 Å². The molecule has 2 aromatic rings. The lowest BCUT2D eigenvalue weighted by Crippen LogP contribution is -2.25. The molecule has 0 saturated carbocycles. The molecule has 0 unspecified atom stereocenters. The Hall–Kier alpha value is -1.69. The summed E-state index contributed by atoms with van der Waals surface area (Å²) in [6.45, 7) is 0.125. The third kappa shape index (κ3) is 2.43. The first kappa shape index (κ1) is 12.8. The van der Waals surface area contributed by atoms with Crippen LogP contribution in [0.2, 0.25) is 0 Å². The number of rotatable bonds is 5. The molecule has 0 spiro atoms. The zero-order chi connectivity index (χ0) is 13.1. The molecular formula is C12H16F2N4. The van der Waals surface area contributed by atoms with Gasteiger partial charge in [-0.1, -0.05) is 6.07 Å². The lowest BCUT2D eigenvalue weighted by molar-refractivity contribution is 0.156. The van der Waals surface area contributed by atoms with E-state index in [4.69, 9.17) is 5.73 Å². The number of fused-ring (bicyclic) bond motifs is 1. The van der Waals surface area contributed by atoms with Gasteiger partial charge in [-0.3, -0.25) is 0 Å². The Labute approximate surface area is 104 Å². The number of hydrogen-bond donors (Lipinski definition) is 1. The van der Waals surface area contributed by atoms with E-state index in [-0.39, 0.29) is 6.54 Å². The average Bonchev–Trinajstić information content (AvgIpc) is 2.68. The van der Waals surface area contributed by atoms with E-state index in [1.807, 2.05) is 28.8 Å². The summed E-state index contributed by atoms with van der Waals surface area (Å²) in [5.74, 6) is 0.576. The molecule has 0 amide bonds. The third-order valence-corrected chi connectivity index (χ3v) is 2.76. The molecule has 0 bridgehead atoms. The third-order valence-electron chi connectivity index (χ3n) is 2.76. The number of nitrogens with two attached hydrogens (primary N) is 1. The topological polar surface area (TPSA) is 46.6 Å². The van der Waals surface area contributed by atoms with Crippen LogP contribution < -0.4 is 10.6 Å². The maximum atomic E-state index is 12.4. The van der Waals surface area contributed by atoms with E-state index in [1.54, 1.807) is 7.05 Å². The normalized spacial score (nSPS) is 11.4. The van der Waals surface area contributed by atoms with Gasteiger partial charge in [0.05, 0.1) is 12.2 Å². The van der Waals surface area contributed by atoms with E-state index in [0.29, 0.717) is 18.8 Å². The van der Waals surface area contributed by atoms with Gasteiger partial charge in [0, 0.05) is 19.7 Å². The molecule has 0 saturated heterocycles. The molecule has 0 aliphatic rings. The first-order valence-electron chi connectivity index (χ1n) is 5.78. The fourth-order valence-electron chi connectivity index (χ4n) is 2.00. The minimum absolute atomic E-state index is 0.332. The number of nitrogens with zero attached hydrogens (tertiary/aromatic N) is 3. The summed E-state index contributed by atoms with van der Waals surface area (Å²) < 4.78 is 26.8. The minimum Gasteiger partial charge on any atom is -0.352 e. The largest absolute Gasteiger partial charge is 0.352 e. The van der Waals surface area contributed by atoms with Crippen molar-refractivity contribution in [1.29, 1.82) is 0 Å². The number of pyridine rings is 1. The van der Waals surface area contributed by atoms with Gasteiger partial charge in [0.1, 0.15) is 5.65 Å². The molecule has 0 aliphatic heterocycles. The van der Waals surface area contributed by atoms with Crippen molar-refractivity contribution in [3.63, 3.8) is 0 Å². The smallest absolute Gasteiger partial charge is 0.255 e. The zero-order valence-corrected chi connectivity index (χ0v) is 10.2. The van der Waals surface area contributed by atoms with Crippen LogP contribution in [-0.4, -0.2) is 35.9 Å². The van der Waals surface area contributed by atoms with Gasteiger partial charge in [-0.15, -0.1) is 0 Å². The summed E-state index contributed by atoms with van der Waals surface area (Å²) in [7, 11) is 1.62. The Bertz CT molecular complexity index is 524. The van der Waals surface area contributed by atoms with Crippen LogP contribution in [-0.2, 0) is 6.42 Å². The number of alkyl halides is 2. The van der Waals surface area contributed by atoms with Crippen molar-refractivity contribution in [3.8, 4) is 0 Å². The first-order chi connectivity index (χ1) is 8.63. The van der Waals surface area contributed by atoms with Crippen LogP contribution in [0.15, 0.2) is 24.4 Å². The number of aromatic nitrogens is 2. The molecule has 2 rings (SSSR count). The standard InChI is InChI=1S/C12H16F2N4/c1-17(8-10(13)14)12-9(5-6-15)18-7-3-2-4-11(18)16-12/h2-4,7,10H,5-6,8,15H2,1H3. The number of imidazole rings is 1.